The van der Waals surface area contributed by atoms with Crippen LogP contribution in [0.5, 0.6) is 0 Å². The van der Waals surface area contributed by atoms with Gasteiger partial charge < -0.3 is 15.4 Å². The van der Waals surface area contributed by atoms with Crippen LogP contribution in [0, 0.1) is 11.6 Å². The maximum atomic E-state index is 13.4. The first-order valence-corrected chi connectivity index (χ1v) is 8.82. The quantitative estimate of drug-likeness (QED) is 0.222. The Morgan fingerprint density at radius 2 is 1.77 bits per heavy atom. The van der Waals surface area contributed by atoms with Gasteiger partial charge in [0.25, 0.3) is 0 Å². The summed E-state index contributed by atoms with van der Waals surface area (Å²) in [4.78, 5) is 4.08. The fourth-order valence-electron chi connectivity index (χ4n) is 2.56. The molecule has 0 aliphatic heterocycles. The fourth-order valence-corrected chi connectivity index (χ4v) is 2.56. The molecule has 4 nitrogen and oxygen atoms in total. The summed E-state index contributed by atoms with van der Waals surface area (Å²) in [5.41, 5.74) is 1.99. The summed E-state index contributed by atoms with van der Waals surface area (Å²) in [5.74, 6) is -1.41. The highest BCUT2D eigenvalue weighted by atomic mass is 127. The van der Waals surface area contributed by atoms with Crippen LogP contribution in [0.2, 0.25) is 0 Å². The Morgan fingerprint density at radius 3 is 2.40 bits per heavy atom. The van der Waals surface area contributed by atoms with Crippen molar-refractivity contribution in [1.82, 2.24) is 10.6 Å². The van der Waals surface area contributed by atoms with Crippen molar-refractivity contribution in [3.05, 3.63) is 70.8 Å². The Labute approximate surface area is 188 Å². The van der Waals surface area contributed by atoms with Gasteiger partial charge in [0.2, 0.25) is 0 Å². The summed E-state index contributed by atoms with van der Waals surface area (Å²) in [7, 11) is 1.56. The van der Waals surface area contributed by atoms with Crippen molar-refractivity contribution < 1.29 is 26.7 Å². The maximum absolute atomic E-state index is 13.4. The van der Waals surface area contributed by atoms with Gasteiger partial charge in [-0.05, 0) is 35.7 Å². The standard InChI is InChI=1S/C20H22F5N3O.HI/c1-13(16-6-7-17(21)18(22)9-16)28-19(26-2)27-10-14-4-3-5-15(8-14)11-29-12-20(23,24)25;/h3-9,13H,10-12H2,1-2H3,(H2,26,27,28);1H. The van der Waals surface area contributed by atoms with Crippen molar-refractivity contribution in [2.24, 2.45) is 4.99 Å². The zero-order valence-corrected chi connectivity index (χ0v) is 18.7. The van der Waals surface area contributed by atoms with Crippen LogP contribution in [-0.2, 0) is 17.9 Å². The van der Waals surface area contributed by atoms with E-state index in [1.165, 1.54) is 6.07 Å². The molecule has 0 amide bonds. The van der Waals surface area contributed by atoms with Crippen LogP contribution in [-0.4, -0.2) is 25.8 Å². The highest BCUT2D eigenvalue weighted by Crippen LogP contribution is 2.17. The van der Waals surface area contributed by atoms with E-state index in [1.807, 2.05) is 6.07 Å². The van der Waals surface area contributed by atoms with Crippen molar-refractivity contribution in [1.29, 1.82) is 0 Å². The lowest BCUT2D eigenvalue weighted by Gasteiger charge is -2.18. The molecule has 2 aromatic rings. The van der Waals surface area contributed by atoms with Gasteiger partial charge in [0.1, 0.15) is 6.61 Å². The molecule has 30 heavy (non-hydrogen) atoms. The van der Waals surface area contributed by atoms with E-state index in [4.69, 9.17) is 0 Å². The Bertz CT molecular complexity index is 845. The molecule has 2 rings (SSSR count). The predicted octanol–water partition coefficient (Wildman–Crippen LogP) is 5.09. The van der Waals surface area contributed by atoms with E-state index in [1.54, 1.807) is 32.2 Å². The molecule has 0 aliphatic rings. The molecule has 2 N–H and O–H groups in total. The van der Waals surface area contributed by atoms with Crippen LogP contribution >= 0.6 is 24.0 Å². The number of nitrogens with one attached hydrogen (secondary N) is 2. The third-order valence-corrected chi connectivity index (χ3v) is 4.01. The van der Waals surface area contributed by atoms with E-state index in [2.05, 4.69) is 20.4 Å². The normalized spacial score (nSPS) is 12.8. The summed E-state index contributed by atoms with van der Waals surface area (Å²) in [6.45, 7) is 0.691. The smallest absolute Gasteiger partial charge is 0.367 e. The molecule has 2 aromatic carbocycles. The lowest BCUT2D eigenvalue weighted by Crippen LogP contribution is -2.38. The average Bonchev–Trinajstić information content (AvgIpc) is 2.66. The van der Waals surface area contributed by atoms with Crippen molar-refractivity contribution >= 4 is 29.9 Å². The van der Waals surface area contributed by atoms with Crippen molar-refractivity contribution in [2.75, 3.05) is 13.7 Å². The number of hydrogen-bond acceptors (Lipinski definition) is 2. The Hall–Kier alpha value is -1.95. The number of alkyl halides is 3. The minimum Gasteiger partial charge on any atom is -0.367 e. The molecule has 166 valence electrons. The van der Waals surface area contributed by atoms with Gasteiger partial charge in [0.15, 0.2) is 17.6 Å². The molecule has 0 aliphatic carbocycles. The van der Waals surface area contributed by atoms with Crippen LogP contribution in [0.4, 0.5) is 22.0 Å². The molecule has 0 bridgehead atoms. The summed E-state index contributed by atoms with van der Waals surface area (Å²) >= 11 is 0. The van der Waals surface area contributed by atoms with E-state index in [-0.39, 0.29) is 36.6 Å². The zero-order chi connectivity index (χ0) is 21.4. The number of rotatable bonds is 7. The molecule has 0 fully saturated rings. The number of guanidine groups is 1. The van der Waals surface area contributed by atoms with Gasteiger partial charge in [-0.15, -0.1) is 24.0 Å². The van der Waals surface area contributed by atoms with E-state index < -0.39 is 24.4 Å². The van der Waals surface area contributed by atoms with Crippen LogP contribution in [0.15, 0.2) is 47.5 Å². The third kappa shape index (κ3) is 8.82. The minimum atomic E-state index is -4.36. The Kier molecular flexibility index (Phi) is 10.5. The predicted molar refractivity (Wildman–Crippen MR) is 116 cm³/mol. The van der Waals surface area contributed by atoms with Gasteiger partial charge in [-0.1, -0.05) is 30.3 Å². The number of aliphatic imine (C=N–C) groups is 1. The molecule has 0 saturated carbocycles. The summed E-state index contributed by atoms with van der Waals surface area (Å²) in [6, 6.07) is 10.3. The van der Waals surface area contributed by atoms with Gasteiger partial charge in [-0.25, -0.2) is 8.78 Å². The third-order valence-electron chi connectivity index (χ3n) is 4.01. The maximum Gasteiger partial charge on any atom is 0.411 e. The second kappa shape index (κ2) is 12.0. The molecule has 10 heteroatoms. The average molecular weight is 543 g/mol. The molecule has 1 atom stereocenters. The SMILES string of the molecule is CN=C(NCc1cccc(COCC(F)(F)F)c1)NC(C)c1ccc(F)c(F)c1.I. The van der Waals surface area contributed by atoms with Gasteiger partial charge in [0, 0.05) is 13.6 Å². The number of halogens is 6. The summed E-state index contributed by atoms with van der Waals surface area (Å²) in [5, 5.41) is 6.14. The topological polar surface area (TPSA) is 45.7 Å². The zero-order valence-electron chi connectivity index (χ0n) is 16.4. The van der Waals surface area contributed by atoms with Crippen molar-refractivity contribution in [2.45, 2.75) is 32.3 Å². The molecular weight excluding hydrogens is 520 g/mol. The molecule has 0 heterocycles. The van der Waals surface area contributed by atoms with Crippen LogP contribution < -0.4 is 10.6 Å². The van der Waals surface area contributed by atoms with E-state index >= 15 is 0 Å². The second-order valence-electron chi connectivity index (χ2n) is 6.39. The summed E-state index contributed by atoms with van der Waals surface area (Å²) < 4.78 is 67.6. The monoisotopic (exact) mass is 543 g/mol. The second-order valence-corrected chi connectivity index (χ2v) is 6.39. The Balaban J connectivity index is 0.00000450. The van der Waals surface area contributed by atoms with E-state index in [9.17, 15) is 22.0 Å². The van der Waals surface area contributed by atoms with Crippen molar-refractivity contribution in [3.8, 4) is 0 Å². The first-order chi connectivity index (χ1) is 13.7. The number of hydrogen-bond donors (Lipinski definition) is 2. The van der Waals surface area contributed by atoms with Gasteiger partial charge in [0.05, 0.1) is 12.6 Å². The molecule has 0 spiro atoms. The molecule has 1 unspecified atom stereocenters. The lowest BCUT2D eigenvalue weighted by molar-refractivity contribution is -0.176. The first kappa shape index (κ1) is 26.1. The largest absolute Gasteiger partial charge is 0.411 e. The van der Waals surface area contributed by atoms with Crippen LogP contribution in [0.25, 0.3) is 0 Å². The first-order valence-electron chi connectivity index (χ1n) is 8.82. The minimum absolute atomic E-state index is 0. The molecular formula is C20H23F5IN3O. The summed E-state index contributed by atoms with van der Waals surface area (Å²) in [6.07, 6.45) is -4.36. The van der Waals surface area contributed by atoms with Gasteiger partial charge in [-0.3, -0.25) is 4.99 Å². The van der Waals surface area contributed by atoms with Crippen LogP contribution in [0.3, 0.4) is 0 Å². The van der Waals surface area contributed by atoms with Crippen LogP contribution in [0.1, 0.15) is 29.7 Å². The van der Waals surface area contributed by atoms with Gasteiger partial charge in [-0.2, -0.15) is 13.2 Å². The molecule has 0 aromatic heterocycles. The number of ether oxygens (including phenoxy) is 1. The van der Waals surface area contributed by atoms with Gasteiger partial charge >= 0.3 is 6.18 Å². The fraction of sp³-hybridized carbons (Fsp3) is 0.350. The van der Waals surface area contributed by atoms with E-state index in [0.717, 1.165) is 17.7 Å². The lowest BCUT2D eigenvalue weighted by atomic mass is 10.1. The molecule has 0 saturated heterocycles. The van der Waals surface area contributed by atoms with Crippen molar-refractivity contribution in [3.63, 3.8) is 0 Å². The number of nitrogens with zero attached hydrogens (tertiary/aromatic N) is 1. The highest BCUT2D eigenvalue weighted by Gasteiger charge is 2.27. The number of benzene rings is 2. The highest BCUT2D eigenvalue weighted by molar-refractivity contribution is 14.0. The van der Waals surface area contributed by atoms with E-state index in [0.29, 0.717) is 23.6 Å². The Morgan fingerprint density at radius 1 is 1.07 bits per heavy atom. The molecule has 0 radical (unpaired) electrons.